The minimum atomic E-state index is -0.172. The molecule has 0 fully saturated rings. The van der Waals surface area contributed by atoms with Crippen LogP contribution in [0.2, 0.25) is 0 Å². The Morgan fingerprint density at radius 3 is 2.77 bits per heavy atom. The summed E-state index contributed by atoms with van der Waals surface area (Å²) < 4.78 is 5.15. The Morgan fingerprint density at radius 2 is 2.23 bits per heavy atom. The van der Waals surface area contributed by atoms with Crippen LogP contribution in [0, 0.1) is 0 Å². The van der Waals surface area contributed by atoms with Crippen LogP contribution in [-0.2, 0) is 5.41 Å². The van der Waals surface area contributed by atoms with Gasteiger partial charge in [-0.25, -0.2) is 9.97 Å². The molecule has 0 amide bonds. The summed E-state index contributed by atoms with van der Waals surface area (Å²) in [4.78, 5) is 8.06. The summed E-state index contributed by atoms with van der Waals surface area (Å²) in [5, 5.41) is 0. The highest BCUT2D eigenvalue weighted by Gasteiger charge is 2.24. The van der Waals surface area contributed by atoms with Crippen molar-refractivity contribution in [2.75, 3.05) is 13.7 Å². The number of aromatic nitrogens is 2. The van der Waals surface area contributed by atoms with Gasteiger partial charge in [0.2, 0.25) is 0 Å². The molecule has 0 aliphatic carbocycles. The Kier molecular flexibility index (Phi) is 2.83. The highest BCUT2D eigenvalue weighted by molar-refractivity contribution is 5.30. The minimum absolute atomic E-state index is 0.172. The Labute approximate surface area is 78.1 Å². The van der Waals surface area contributed by atoms with Gasteiger partial charge in [-0.05, 0) is 0 Å². The summed E-state index contributed by atoms with van der Waals surface area (Å²) in [5.41, 5.74) is 6.33. The van der Waals surface area contributed by atoms with E-state index in [-0.39, 0.29) is 5.41 Å². The van der Waals surface area contributed by atoms with E-state index in [0.29, 0.717) is 12.3 Å². The molecule has 1 aromatic heterocycles. The first-order valence-electron chi connectivity index (χ1n) is 4.16. The van der Waals surface area contributed by atoms with E-state index in [2.05, 4.69) is 9.97 Å². The molecule has 0 aromatic carbocycles. The van der Waals surface area contributed by atoms with E-state index in [1.54, 1.807) is 13.3 Å². The van der Waals surface area contributed by atoms with Gasteiger partial charge in [-0.15, -0.1) is 0 Å². The fraction of sp³-hybridized carbons (Fsp3) is 0.556. The van der Waals surface area contributed by atoms with E-state index in [9.17, 15) is 0 Å². The van der Waals surface area contributed by atoms with Crippen LogP contribution in [0.4, 0.5) is 0 Å². The Bertz CT molecular complexity index is 286. The fourth-order valence-corrected chi connectivity index (χ4v) is 1.07. The molecule has 0 atom stereocenters. The van der Waals surface area contributed by atoms with Crippen LogP contribution in [0.3, 0.4) is 0 Å². The van der Waals surface area contributed by atoms with Crippen molar-refractivity contribution in [3.8, 4) is 5.75 Å². The zero-order valence-electron chi connectivity index (χ0n) is 8.24. The molecule has 4 heteroatoms. The third-order valence-electron chi connectivity index (χ3n) is 2.05. The third kappa shape index (κ3) is 1.95. The smallest absolute Gasteiger partial charge is 0.159 e. The molecule has 1 aromatic rings. The summed E-state index contributed by atoms with van der Waals surface area (Å²) in [6.07, 6.45) is 3.16. The fourth-order valence-electron chi connectivity index (χ4n) is 1.07. The van der Waals surface area contributed by atoms with E-state index in [4.69, 9.17) is 10.5 Å². The zero-order valence-corrected chi connectivity index (χ0v) is 8.24. The number of nitrogens with two attached hydrogens (primary N) is 1. The van der Waals surface area contributed by atoms with Crippen LogP contribution in [0.5, 0.6) is 5.75 Å². The molecule has 0 aliphatic rings. The van der Waals surface area contributed by atoms with Crippen molar-refractivity contribution in [3.05, 3.63) is 18.2 Å². The molecule has 0 aliphatic heterocycles. The zero-order chi connectivity index (χ0) is 9.90. The number of hydrogen-bond donors (Lipinski definition) is 1. The lowest BCUT2D eigenvalue weighted by Crippen LogP contribution is -2.29. The monoisotopic (exact) mass is 181 g/mol. The van der Waals surface area contributed by atoms with Crippen molar-refractivity contribution in [3.63, 3.8) is 0 Å². The van der Waals surface area contributed by atoms with Crippen LogP contribution in [-0.4, -0.2) is 23.6 Å². The molecule has 0 radical (unpaired) electrons. The van der Waals surface area contributed by atoms with Gasteiger partial charge < -0.3 is 10.5 Å². The summed E-state index contributed by atoms with van der Waals surface area (Å²) in [6, 6.07) is 0. The number of methoxy groups -OCH3 is 1. The largest absolute Gasteiger partial charge is 0.493 e. The second kappa shape index (κ2) is 3.70. The maximum absolute atomic E-state index is 5.65. The van der Waals surface area contributed by atoms with Crippen LogP contribution in [0.25, 0.3) is 0 Å². The standard InChI is InChI=1S/C9H15N3O/c1-9(2,5-10)8-7(13-3)4-11-6-12-8/h4,6H,5,10H2,1-3H3. The van der Waals surface area contributed by atoms with Crippen LogP contribution >= 0.6 is 0 Å². The van der Waals surface area contributed by atoms with Crippen molar-refractivity contribution in [1.29, 1.82) is 0 Å². The molecule has 1 rings (SSSR count). The average Bonchev–Trinajstić information content (AvgIpc) is 2.18. The van der Waals surface area contributed by atoms with Crippen molar-refractivity contribution < 1.29 is 4.74 Å². The summed E-state index contributed by atoms with van der Waals surface area (Å²) in [7, 11) is 1.61. The summed E-state index contributed by atoms with van der Waals surface area (Å²) in [5.74, 6) is 0.693. The first-order valence-corrected chi connectivity index (χ1v) is 4.16. The Hall–Kier alpha value is -1.16. The second-order valence-electron chi connectivity index (χ2n) is 3.53. The van der Waals surface area contributed by atoms with Gasteiger partial charge in [-0.1, -0.05) is 13.8 Å². The van der Waals surface area contributed by atoms with Gasteiger partial charge in [0.25, 0.3) is 0 Å². The molecule has 13 heavy (non-hydrogen) atoms. The molecule has 1 heterocycles. The van der Waals surface area contributed by atoms with Gasteiger partial charge in [-0.3, -0.25) is 0 Å². The van der Waals surface area contributed by atoms with Crippen molar-refractivity contribution in [1.82, 2.24) is 9.97 Å². The predicted molar refractivity (Wildman–Crippen MR) is 50.7 cm³/mol. The molecule has 0 bridgehead atoms. The molecule has 0 saturated carbocycles. The SMILES string of the molecule is COc1cncnc1C(C)(C)CN. The van der Waals surface area contributed by atoms with Gasteiger partial charge >= 0.3 is 0 Å². The minimum Gasteiger partial charge on any atom is -0.493 e. The molecule has 0 unspecified atom stereocenters. The molecule has 0 spiro atoms. The van der Waals surface area contributed by atoms with Crippen LogP contribution in [0.15, 0.2) is 12.5 Å². The summed E-state index contributed by atoms with van der Waals surface area (Å²) >= 11 is 0. The third-order valence-corrected chi connectivity index (χ3v) is 2.05. The van der Waals surface area contributed by atoms with Crippen LogP contribution in [0.1, 0.15) is 19.5 Å². The normalized spacial score (nSPS) is 11.4. The predicted octanol–water partition coefficient (Wildman–Crippen LogP) is 0.722. The van der Waals surface area contributed by atoms with Crippen molar-refractivity contribution >= 4 is 0 Å². The lowest BCUT2D eigenvalue weighted by atomic mass is 9.89. The molecule has 4 nitrogen and oxygen atoms in total. The van der Waals surface area contributed by atoms with E-state index < -0.39 is 0 Å². The van der Waals surface area contributed by atoms with Gasteiger partial charge in [0.05, 0.1) is 19.0 Å². The summed E-state index contributed by atoms with van der Waals surface area (Å²) in [6.45, 7) is 4.58. The van der Waals surface area contributed by atoms with E-state index in [1.165, 1.54) is 6.33 Å². The second-order valence-corrected chi connectivity index (χ2v) is 3.53. The number of nitrogens with zero attached hydrogens (tertiary/aromatic N) is 2. The Morgan fingerprint density at radius 1 is 1.54 bits per heavy atom. The van der Waals surface area contributed by atoms with Gasteiger partial charge in [0.15, 0.2) is 5.75 Å². The van der Waals surface area contributed by atoms with E-state index in [0.717, 1.165) is 5.69 Å². The first-order chi connectivity index (χ1) is 6.11. The van der Waals surface area contributed by atoms with Crippen LogP contribution < -0.4 is 10.5 Å². The average molecular weight is 181 g/mol. The number of ether oxygens (including phenoxy) is 1. The lowest BCUT2D eigenvalue weighted by molar-refractivity contribution is 0.385. The quantitative estimate of drug-likeness (QED) is 0.746. The van der Waals surface area contributed by atoms with Gasteiger partial charge in [0.1, 0.15) is 6.33 Å². The van der Waals surface area contributed by atoms with Crippen molar-refractivity contribution in [2.45, 2.75) is 19.3 Å². The molecular formula is C9H15N3O. The van der Waals surface area contributed by atoms with Gasteiger partial charge in [-0.2, -0.15) is 0 Å². The highest BCUT2D eigenvalue weighted by atomic mass is 16.5. The maximum Gasteiger partial charge on any atom is 0.159 e. The lowest BCUT2D eigenvalue weighted by Gasteiger charge is -2.22. The van der Waals surface area contributed by atoms with Gasteiger partial charge in [0, 0.05) is 12.0 Å². The van der Waals surface area contributed by atoms with E-state index in [1.807, 2.05) is 13.8 Å². The molecular weight excluding hydrogens is 166 g/mol. The first kappa shape index (κ1) is 9.92. The number of hydrogen-bond acceptors (Lipinski definition) is 4. The molecule has 0 saturated heterocycles. The Balaban J connectivity index is 3.12. The number of rotatable bonds is 3. The van der Waals surface area contributed by atoms with Crippen molar-refractivity contribution in [2.24, 2.45) is 5.73 Å². The topological polar surface area (TPSA) is 61.0 Å². The highest BCUT2D eigenvalue weighted by Crippen LogP contribution is 2.27. The molecule has 2 N–H and O–H groups in total. The van der Waals surface area contributed by atoms with E-state index >= 15 is 0 Å². The molecule has 72 valence electrons. The maximum atomic E-state index is 5.65.